The number of fused-ring (bicyclic) bond motifs is 1. The Morgan fingerprint density at radius 1 is 1.15 bits per heavy atom. The smallest absolute Gasteiger partial charge is 0.123 e. The van der Waals surface area contributed by atoms with Gasteiger partial charge in [-0.15, -0.1) is 0 Å². The van der Waals surface area contributed by atoms with E-state index in [1.54, 1.807) is 12.1 Å². The van der Waals surface area contributed by atoms with Gasteiger partial charge < -0.3 is 4.57 Å². The van der Waals surface area contributed by atoms with Crippen molar-refractivity contribution in [2.45, 2.75) is 12.8 Å². The Balaban J connectivity index is 1.86. The summed E-state index contributed by atoms with van der Waals surface area (Å²) in [6.07, 6.45) is 1.59. The van der Waals surface area contributed by atoms with Crippen molar-refractivity contribution in [2.75, 3.05) is 0 Å². The molecule has 20 heavy (non-hydrogen) atoms. The highest BCUT2D eigenvalue weighted by molar-refractivity contribution is 9.10. The summed E-state index contributed by atoms with van der Waals surface area (Å²) in [5.74, 6) is 0.832. The minimum Gasteiger partial charge on any atom is -0.331 e. The Labute approximate surface area is 125 Å². The molecule has 0 unspecified atom stereocenters. The SMILES string of the molecule is Cn1c(CCc2cccc(F)c2)nc2cc(Br)ccc21. The number of rotatable bonds is 3. The molecule has 0 aliphatic rings. The lowest BCUT2D eigenvalue weighted by Crippen LogP contribution is -2.00. The van der Waals surface area contributed by atoms with Gasteiger partial charge in [-0.1, -0.05) is 28.1 Å². The predicted molar refractivity (Wildman–Crippen MR) is 82.2 cm³/mol. The van der Waals surface area contributed by atoms with Crippen LogP contribution in [0.4, 0.5) is 4.39 Å². The number of imidazole rings is 1. The van der Waals surface area contributed by atoms with E-state index in [4.69, 9.17) is 0 Å². The van der Waals surface area contributed by atoms with Crippen LogP contribution in [-0.4, -0.2) is 9.55 Å². The molecule has 102 valence electrons. The highest BCUT2D eigenvalue weighted by Crippen LogP contribution is 2.20. The van der Waals surface area contributed by atoms with E-state index in [0.717, 1.165) is 39.7 Å². The Morgan fingerprint density at radius 3 is 2.80 bits per heavy atom. The zero-order chi connectivity index (χ0) is 14.1. The predicted octanol–water partition coefficient (Wildman–Crippen LogP) is 4.26. The summed E-state index contributed by atoms with van der Waals surface area (Å²) in [4.78, 5) is 4.65. The van der Waals surface area contributed by atoms with E-state index < -0.39 is 0 Å². The molecule has 1 aromatic heterocycles. The third-order valence-corrected chi connectivity index (χ3v) is 3.96. The van der Waals surface area contributed by atoms with Gasteiger partial charge in [0.15, 0.2) is 0 Å². The second-order valence-corrected chi connectivity index (χ2v) is 5.77. The normalized spacial score (nSPS) is 11.2. The summed E-state index contributed by atoms with van der Waals surface area (Å²) in [6.45, 7) is 0. The summed E-state index contributed by atoms with van der Waals surface area (Å²) in [5, 5.41) is 0. The van der Waals surface area contributed by atoms with Gasteiger partial charge in [-0.25, -0.2) is 9.37 Å². The molecule has 3 rings (SSSR count). The van der Waals surface area contributed by atoms with E-state index >= 15 is 0 Å². The van der Waals surface area contributed by atoms with Crippen LogP contribution < -0.4 is 0 Å². The largest absolute Gasteiger partial charge is 0.331 e. The summed E-state index contributed by atoms with van der Waals surface area (Å²) in [6, 6.07) is 12.8. The van der Waals surface area contributed by atoms with E-state index in [9.17, 15) is 4.39 Å². The molecule has 0 aliphatic heterocycles. The Hall–Kier alpha value is -1.68. The lowest BCUT2D eigenvalue weighted by Gasteiger charge is -2.03. The number of benzene rings is 2. The fraction of sp³-hybridized carbons (Fsp3) is 0.188. The molecule has 0 bridgehead atoms. The van der Waals surface area contributed by atoms with E-state index in [-0.39, 0.29) is 5.82 Å². The molecule has 4 heteroatoms. The third kappa shape index (κ3) is 2.61. The van der Waals surface area contributed by atoms with Crippen LogP contribution in [0.5, 0.6) is 0 Å². The minimum absolute atomic E-state index is 0.184. The van der Waals surface area contributed by atoms with Gasteiger partial charge in [0.2, 0.25) is 0 Å². The van der Waals surface area contributed by atoms with Gasteiger partial charge in [0.25, 0.3) is 0 Å². The van der Waals surface area contributed by atoms with Gasteiger partial charge in [-0.3, -0.25) is 0 Å². The lowest BCUT2D eigenvalue weighted by atomic mass is 10.1. The Bertz CT molecular complexity index is 764. The maximum Gasteiger partial charge on any atom is 0.123 e. The molecule has 0 saturated heterocycles. The molecule has 0 atom stereocenters. The van der Waals surface area contributed by atoms with E-state index in [1.165, 1.54) is 6.07 Å². The maximum absolute atomic E-state index is 13.2. The molecule has 3 aromatic rings. The summed E-state index contributed by atoms with van der Waals surface area (Å²) < 4.78 is 16.3. The van der Waals surface area contributed by atoms with Crippen molar-refractivity contribution in [3.63, 3.8) is 0 Å². The molecular weight excluding hydrogens is 319 g/mol. The van der Waals surface area contributed by atoms with Crippen LogP contribution in [-0.2, 0) is 19.9 Å². The second-order valence-electron chi connectivity index (χ2n) is 4.85. The van der Waals surface area contributed by atoms with Crippen molar-refractivity contribution in [3.8, 4) is 0 Å². The average molecular weight is 333 g/mol. The van der Waals surface area contributed by atoms with Crippen molar-refractivity contribution >= 4 is 27.0 Å². The molecular formula is C16H14BrFN2. The summed E-state index contributed by atoms with van der Waals surface area (Å²) in [5.41, 5.74) is 3.09. The van der Waals surface area contributed by atoms with Crippen LogP contribution in [0, 0.1) is 5.82 Å². The van der Waals surface area contributed by atoms with Crippen LogP contribution >= 0.6 is 15.9 Å². The van der Waals surface area contributed by atoms with Crippen molar-refractivity contribution in [1.29, 1.82) is 0 Å². The fourth-order valence-electron chi connectivity index (χ4n) is 2.40. The Kier molecular flexibility index (Phi) is 3.57. The first-order chi connectivity index (χ1) is 9.63. The maximum atomic E-state index is 13.2. The van der Waals surface area contributed by atoms with Crippen LogP contribution in [0.3, 0.4) is 0 Å². The second kappa shape index (κ2) is 5.37. The van der Waals surface area contributed by atoms with Crippen LogP contribution in [0.15, 0.2) is 46.9 Å². The molecule has 2 nitrogen and oxygen atoms in total. The summed E-state index contributed by atoms with van der Waals surface area (Å²) >= 11 is 3.46. The van der Waals surface area contributed by atoms with Gasteiger partial charge in [0.05, 0.1) is 11.0 Å². The van der Waals surface area contributed by atoms with Crippen LogP contribution in [0.25, 0.3) is 11.0 Å². The number of hydrogen-bond acceptors (Lipinski definition) is 1. The van der Waals surface area contributed by atoms with Gasteiger partial charge >= 0.3 is 0 Å². The molecule has 0 aliphatic carbocycles. The number of halogens is 2. The van der Waals surface area contributed by atoms with E-state index in [0.29, 0.717) is 0 Å². The number of nitrogens with zero attached hydrogens (tertiary/aromatic N) is 2. The number of aromatic nitrogens is 2. The highest BCUT2D eigenvalue weighted by atomic mass is 79.9. The molecule has 1 heterocycles. The van der Waals surface area contributed by atoms with Crippen molar-refractivity contribution in [1.82, 2.24) is 9.55 Å². The van der Waals surface area contributed by atoms with Crippen molar-refractivity contribution in [3.05, 3.63) is 64.1 Å². The molecule has 0 radical (unpaired) electrons. The molecule has 0 N–H and O–H groups in total. The number of aryl methyl sites for hydroxylation is 3. The first-order valence-corrected chi connectivity index (χ1v) is 7.28. The first kappa shape index (κ1) is 13.3. The third-order valence-electron chi connectivity index (χ3n) is 3.46. The van der Waals surface area contributed by atoms with Crippen molar-refractivity contribution in [2.24, 2.45) is 7.05 Å². The zero-order valence-corrected chi connectivity index (χ0v) is 12.7. The monoisotopic (exact) mass is 332 g/mol. The number of hydrogen-bond donors (Lipinski definition) is 0. The van der Waals surface area contributed by atoms with E-state index in [2.05, 4.69) is 31.5 Å². The summed E-state index contributed by atoms with van der Waals surface area (Å²) in [7, 11) is 2.02. The lowest BCUT2D eigenvalue weighted by molar-refractivity contribution is 0.624. The molecule has 2 aromatic carbocycles. The molecule has 0 saturated carbocycles. The van der Waals surface area contributed by atoms with Gasteiger partial charge in [-0.05, 0) is 42.3 Å². The van der Waals surface area contributed by atoms with Crippen LogP contribution in [0.1, 0.15) is 11.4 Å². The van der Waals surface area contributed by atoms with Crippen molar-refractivity contribution < 1.29 is 4.39 Å². The van der Waals surface area contributed by atoms with Gasteiger partial charge in [0, 0.05) is 17.9 Å². The zero-order valence-electron chi connectivity index (χ0n) is 11.1. The topological polar surface area (TPSA) is 17.8 Å². The van der Waals surface area contributed by atoms with E-state index in [1.807, 2.05) is 25.2 Å². The van der Waals surface area contributed by atoms with Gasteiger partial charge in [-0.2, -0.15) is 0 Å². The molecule has 0 fully saturated rings. The standard InChI is InChI=1S/C16H14BrFN2/c1-20-15-7-6-12(17)10-14(15)19-16(20)8-5-11-3-2-4-13(18)9-11/h2-4,6-7,9-10H,5,8H2,1H3. The quantitative estimate of drug-likeness (QED) is 0.700. The average Bonchev–Trinajstić information content (AvgIpc) is 2.72. The highest BCUT2D eigenvalue weighted by Gasteiger charge is 2.08. The molecule has 0 spiro atoms. The Morgan fingerprint density at radius 2 is 2.00 bits per heavy atom. The first-order valence-electron chi connectivity index (χ1n) is 6.49. The van der Waals surface area contributed by atoms with Crippen LogP contribution in [0.2, 0.25) is 0 Å². The minimum atomic E-state index is -0.184. The fourth-order valence-corrected chi connectivity index (χ4v) is 2.74. The van der Waals surface area contributed by atoms with Gasteiger partial charge in [0.1, 0.15) is 11.6 Å². The molecule has 0 amide bonds.